The number of rotatable bonds is 5. The van der Waals surface area contributed by atoms with Gasteiger partial charge in [0.15, 0.2) is 11.8 Å². The normalized spacial score (nSPS) is 16.2. The van der Waals surface area contributed by atoms with Crippen molar-refractivity contribution in [3.05, 3.63) is 11.7 Å². The van der Waals surface area contributed by atoms with Gasteiger partial charge in [-0.3, -0.25) is 4.99 Å². The van der Waals surface area contributed by atoms with Gasteiger partial charge >= 0.3 is 0 Å². The van der Waals surface area contributed by atoms with E-state index in [1.54, 1.807) is 0 Å². The van der Waals surface area contributed by atoms with Crippen LogP contribution in [0.4, 0.5) is 0 Å². The van der Waals surface area contributed by atoms with Gasteiger partial charge in [-0.15, -0.1) is 0 Å². The molecular weight excluding hydrogens is 254 g/mol. The molecule has 0 atom stereocenters. The van der Waals surface area contributed by atoms with E-state index in [0.717, 1.165) is 31.4 Å². The summed E-state index contributed by atoms with van der Waals surface area (Å²) in [5.74, 6) is 2.76. The van der Waals surface area contributed by atoms with Gasteiger partial charge in [-0.1, -0.05) is 19.0 Å². The van der Waals surface area contributed by atoms with Gasteiger partial charge in [0, 0.05) is 32.0 Å². The molecule has 0 bridgehead atoms. The van der Waals surface area contributed by atoms with E-state index in [9.17, 15) is 0 Å². The van der Waals surface area contributed by atoms with Crippen LogP contribution in [0.1, 0.15) is 51.2 Å². The molecule has 1 saturated heterocycles. The molecule has 0 amide bonds. The molecule has 1 N–H and O–H groups in total. The zero-order valence-corrected chi connectivity index (χ0v) is 12.7. The fourth-order valence-corrected chi connectivity index (χ4v) is 2.22. The summed E-state index contributed by atoms with van der Waals surface area (Å²) in [6.45, 7) is 9.99. The van der Waals surface area contributed by atoms with Crippen molar-refractivity contribution in [2.75, 3.05) is 26.2 Å². The van der Waals surface area contributed by atoms with Gasteiger partial charge in [-0.05, 0) is 19.8 Å². The molecule has 6 heteroatoms. The maximum Gasteiger partial charge on any atom is 0.228 e. The van der Waals surface area contributed by atoms with Crippen molar-refractivity contribution in [1.29, 1.82) is 0 Å². The first-order valence-electron chi connectivity index (χ1n) is 7.56. The number of aromatic nitrogens is 2. The molecule has 1 aliphatic rings. The fourth-order valence-electron chi connectivity index (χ4n) is 2.22. The van der Waals surface area contributed by atoms with E-state index >= 15 is 0 Å². The first kappa shape index (κ1) is 14.8. The predicted octanol–water partition coefficient (Wildman–Crippen LogP) is 1.80. The van der Waals surface area contributed by atoms with Gasteiger partial charge in [0.05, 0.1) is 6.54 Å². The second kappa shape index (κ2) is 7.26. The van der Waals surface area contributed by atoms with E-state index < -0.39 is 0 Å². The molecular formula is C14H25N5O. The molecule has 112 valence electrons. The Hall–Kier alpha value is -1.59. The molecule has 20 heavy (non-hydrogen) atoms. The summed E-state index contributed by atoms with van der Waals surface area (Å²) in [5, 5.41) is 7.31. The van der Waals surface area contributed by atoms with Crippen LogP contribution in [-0.2, 0) is 6.42 Å². The summed E-state index contributed by atoms with van der Waals surface area (Å²) in [5.41, 5.74) is 0. The molecule has 0 saturated carbocycles. The molecule has 2 rings (SSSR count). The highest BCUT2D eigenvalue weighted by atomic mass is 16.5. The number of aliphatic imine (C=N–C) groups is 1. The largest absolute Gasteiger partial charge is 0.357 e. The van der Waals surface area contributed by atoms with E-state index in [4.69, 9.17) is 4.52 Å². The van der Waals surface area contributed by atoms with Gasteiger partial charge in [0.2, 0.25) is 5.89 Å². The Morgan fingerprint density at radius 2 is 2.15 bits per heavy atom. The Morgan fingerprint density at radius 3 is 2.75 bits per heavy atom. The Kier molecular flexibility index (Phi) is 5.38. The standard InChI is InChI=1S/C14H25N5O/c1-4-15-14(19-9-5-6-10-19)16-8-7-12-17-13(11(2)3)18-20-12/h11H,4-10H2,1-3H3,(H,15,16). The van der Waals surface area contributed by atoms with Crippen molar-refractivity contribution in [3.63, 3.8) is 0 Å². The third-order valence-electron chi connectivity index (χ3n) is 3.33. The molecule has 0 aliphatic carbocycles. The van der Waals surface area contributed by atoms with Crippen molar-refractivity contribution in [1.82, 2.24) is 20.4 Å². The predicted molar refractivity (Wildman–Crippen MR) is 78.9 cm³/mol. The second-order valence-electron chi connectivity index (χ2n) is 5.38. The Bertz CT molecular complexity index is 435. The average molecular weight is 279 g/mol. The van der Waals surface area contributed by atoms with Crippen LogP contribution in [0.2, 0.25) is 0 Å². The van der Waals surface area contributed by atoms with Crippen LogP contribution in [-0.4, -0.2) is 47.2 Å². The van der Waals surface area contributed by atoms with Crippen molar-refractivity contribution in [3.8, 4) is 0 Å². The van der Waals surface area contributed by atoms with Crippen LogP contribution in [0.5, 0.6) is 0 Å². The number of hydrogen-bond acceptors (Lipinski definition) is 4. The summed E-state index contributed by atoms with van der Waals surface area (Å²) >= 11 is 0. The molecule has 2 heterocycles. The van der Waals surface area contributed by atoms with Crippen LogP contribution in [0.25, 0.3) is 0 Å². The number of hydrogen-bond donors (Lipinski definition) is 1. The monoisotopic (exact) mass is 279 g/mol. The molecule has 1 aromatic heterocycles. The van der Waals surface area contributed by atoms with E-state index in [-0.39, 0.29) is 0 Å². The molecule has 0 unspecified atom stereocenters. The Labute approximate surface area is 120 Å². The summed E-state index contributed by atoms with van der Waals surface area (Å²) in [6.07, 6.45) is 3.21. The van der Waals surface area contributed by atoms with Crippen molar-refractivity contribution >= 4 is 5.96 Å². The molecule has 0 spiro atoms. The molecule has 6 nitrogen and oxygen atoms in total. The maximum atomic E-state index is 5.23. The molecule has 1 aromatic rings. The smallest absolute Gasteiger partial charge is 0.228 e. The van der Waals surface area contributed by atoms with Crippen LogP contribution in [0, 0.1) is 0 Å². The summed E-state index contributed by atoms with van der Waals surface area (Å²) < 4.78 is 5.23. The van der Waals surface area contributed by atoms with Gasteiger partial charge in [0.25, 0.3) is 0 Å². The molecule has 0 aromatic carbocycles. The highest BCUT2D eigenvalue weighted by Crippen LogP contribution is 2.10. The first-order valence-corrected chi connectivity index (χ1v) is 7.56. The first-order chi connectivity index (χ1) is 9.70. The van der Waals surface area contributed by atoms with E-state index in [1.807, 2.05) is 0 Å². The molecule has 1 aliphatic heterocycles. The fraction of sp³-hybridized carbons (Fsp3) is 0.786. The zero-order chi connectivity index (χ0) is 14.4. The van der Waals surface area contributed by atoms with Crippen molar-refractivity contribution in [2.24, 2.45) is 4.99 Å². The van der Waals surface area contributed by atoms with Gasteiger partial charge < -0.3 is 14.7 Å². The number of nitrogens with one attached hydrogen (secondary N) is 1. The van der Waals surface area contributed by atoms with Gasteiger partial charge in [-0.25, -0.2) is 0 Å². The lowest BCUT2D eigenvalue weighted by Crippen LogP contribution is -2.39. The van der Waals surface area contributed by atoms with Gasteiger partial charge in [0.1, 0.15) is 0 Å². The van der Waals surface area contributed by atoms with E-state index in [0.29, 0.717) is 24.8 Å². The maximum absolute atomic E-state index is 5.23. The Balaban J connectivity index is 1.88. The quantitative estimate of drug-likeness (QED) is 0.657. The topological polar surface area (TPSA) is 66.5 Å². The summed E-state index contributed by atoms with van der Waals surface area (Å²) in [6, 6.07) is 0. The Morgan fingerprint density at radius 1 is 1.40 bits per heavy atom. The number of likely N-dealkylation sites (tertiary alicyclic amines) is 1. The van der Waals surface area contributed by atoms with Gasteiger partial charge in [-0.2, -0.15) is 4.98 Å². The minimum Gasteiger partial charge on any atom is -0.357 e. The van der Waals surface area contributed by atoms with Crippen LogP contribution < -0.4 is 5.32 Å². The van der Waals surface area contributed by atoms with Crippen LogP contribution >= 0.6 is 0 Å². The lowest BCUT2D eigenvalue weighted by Gasteiger charge is -2.20. The van der Waals surface area contributed by atoms with E-state index in [1.165, 1.54) is 12.8 Å². The van der Waals surface area contributed by atoms with Crippen LogP contribution in [0.15, 0.2) is 9.52 Å². The average Bonchev–Trinajstić information content (AvgIpc) is 3.09. The minimum absolute atomic E-state index is 0.304. The highest BCUT2D eigenvalue weighted by molar-refractivity contribution is 5.80. The number of nitrogens with zero attached hydrogens (tertiary/aromatic N) is 4. The number of guanidine groups is 1. The SMILES string of the molecule is CCNC(=NCCc1nc(C(C)C)no1)N1CCCC1. The molecule has 1 fully saturated rings. The van der Waals surface area contributed by atoms with Crippen LogP contribution in [0.3, 0.4) is 0 Å². The lowest BCUT2D eigenvalue weighted by atomic mass is 10.2. The van der Waals surface area contributed by atoms with E-state index in [2.05, 4.69) is 46.1 Å². The lowest BCUT2D eigenvalue weighted by molar-refractivity contribution is 0.372. The molecule has 0 radical (unpaired) electrons. The highest BCUT2D eigenvalue weighted by Gasteiger charge is 2.15. The zero-order valence-electron chi connectivity index (χ0n) is 12.7. The second-order valence-corrected chi connectivity index (χ2v) is 5.38. The summed E-state index contributed by atoms with van der Waals surface area (Å²) in [4.78, 5) is 11.3. The minimum atomic E-state index is 0.304. The van der Waals surface area contributed by atoms with Crippen molar-refractivity contribution in [2.45, 2.75) is 46.0 Å². The third kappa shape index (κ3) is 3.95. The third-order valence-corrected chi connectivity index (χ3v) is 3.33. The summed E-state index contributed by atoms with van der Waals surface area (Å²) in [7, 11) is 0. The van der Waals surface area contributed by atoms with Crippen molar-refractivity contribution < 1.29 is 4.52 Å².